The van der Waals surface area contributed by atoms with E-state index in [0.29, 0.717) is 12.2 Å². The summed E-state index contributed by atoms with van der Waals surface area (Å²) in [4.78, 5) is 36.4. The van der Waals surface area contributed by atoms with Gasteiger partial charge in [-0.2, -0.15) is 0 Å². The lowest BCUT2D eigenvalue weighted by molar-refractivity contribution is -0.138. The van der Waals surface area contributed by atoms with E-state index in [-0.39, 0.29) is 18.4 Å². The van der Waals surface area contributed by atoms with Crippen LogP contribution in [-0.2, 0) is 22.4 Å². The number of hydrogen-bond donors (Lipinski definition) is 4. The molecule has 210 valence electrons. The molecule has 4 heterocycles. The molecule has 2 aromatic heterocycles. The number of carbonyl (C=O) groups is 2. The summed E-state index contributed by atoms with van der Waals surface area (Å²) in [5.74, 6) is -0.212. The van der Waals surface area contributed by atoms with Crippen LogP contribution in [0.25, 0.3) is 11.3 Å². The van der Waals surface area contributed by atoms with Gasteiger partial charge in [-0.3, -0.25) is 9.78 Å². The first-order valence-corrected chi connectivity index (χ1v) is 14.3. The van der Waals surface area contributed by atoms with E-state index in [1.165, 1.54) is 5.56 Å². The Morgan fingerprint density at radius 3 is 2.77 bits per heavy atom. The first-order chi connectivity index (χ1) is 19.5. The third-order valence-electron chi connectivity index (χ3n) is 7.69. The smallest absolute Gasteiger partial charge is 0.327 e. The van der Waals surface area contributed by atoms with E-state index in [1.54, 1.807) is 6.20 Å². The number of carboxylic acids is 1. The Morgan fingerprint density at radius 2 is 1.98 bits per heavy atom. The van der Waals surface area contributed by atoms with Crippen LogP contribution >= 0.6 is 0 Å². The minimum Gasteiger partial charge on any atom is -0.480 e. The number of pyridine rings is 2. The molecule has 5 rings (SSSR count). The summed E-state index contributed by atoms with van der Waals surface area (Å²) in [7, 11) is 0. The molecule has 9 heteroatoms. The van der Waals surface area contributed by atoms with Crippen LogP contribution in [0.3, 0.4) is 0 Å². The van der Waals surface area contributed by atoms with E-state index in [2.05, 4.69) is 38.0 Å². The summed E-state index contributed by atoms with van der Waals surface area (Å²) in [6.07, 6.45) is 7.55. The molecular formula is C31H38N6O3. The number of amides is 1. The second-order valence-corrected chi connectivity index (χ2v) is 10.7. The van der Waals surface area contributed by atoms with Crippen molar-refractivity contribution in [2.45, 2.75) is 44.6 Å². The molecule has 0 unspecified atom stereocenters. The molecule has 0 spiro atoms. The van der Waals surface area contributed by atoms with Crippen LogP contribution in [0, 0.1) is 5.92 Å². The molecule has 0 aliphatic carbocycles. The lowest BCUT2D eigenvalue weighted by Gasteiger charge is -2.32. The number of rotatable bonds is 11. The maximum Gasteiger partial charge on any atom is 0.327 e. The molecule has 1 saturated heterocycles. The molecule has 9 nitrogen and oxygen atoms in total. The normalized spacial score (nSPS) is 17.8. The van der Waals surface area contributed by atoms with Crippen molar-refractivity contribution in [3.05, 3.63) is 72.1 Å². The summed E-state index contributed by atoms with van der Waals surface area (Å²) >= 11 is 0. The molecule has 1 amide bonds. The Hall–Kier alpha value is -3.98. The van der Waals surface area contributed by atoms with Crippen molar-refractivity contribution >= 4 is 23.4 Å². The van der Waals surface area contributed by atoms with E-state index in [9.17, 15) is 14.7 Å². The molecule has 2 aliphatic rings. The minimum absolute atomic E-state index is 0.00311. The maximum atomic E-state index is 13.0. The van der Waals surface area contributed by atoms with Crippen LogP contribution in [0.2, 0.25) is 0 Å². The Kier molecular flexibility index (Phi) is 9.23. The number of aromatic nitrogens is 2. The molecular weight excluding hydrogens is 504 g/mol. The van der Waals surface area contributed by atoms with Gasteiger partial charge in [0.05, 0.1) is 23.5 Å². The second-order valence-electron chi connectivity index (χ2n) is 10.7. The highest BCUT2D eigenvalue weighted by atomic mass is 16.4. The van der Waals surface area contributed by atoms with Gasteiger partial charge in [-0.05, 0) is 75.4 Å². The van der Waals surface area contributed by atoms with Crippen LogP contribution < -0.4 is 16.0 Å². The highest BCUT2D eigenvalue weighted by molar-refractivity contribution is 5.82. The number of nitrogens with one attached hydrogen (secondary N) is 3. The Morgan fingerprint density at radius 1 is 1.10 bits per heavy atom. The molecule has 2 atom stereocenters. The highest BCUT2D eigenvalue weighted by Crippen LogP contribution is 2.22. The molecule has 1 aromatic carbocycles. The van der Waals surface area contributed by atoms with Gasteiger partial charge >= 0.3 is 5.97 Å². The van der Waals surface area contributed by atoms with Crippen molar-refractivity contribution in [3.8, 4) is 11.3 Å². The first-order valence-electron chi connectivity index (χ1n) is 14.3. The predicted molar refractivity (Wildman–Crippen MR) is 156 cm³/mol. The maximum absolute atomic E-state index is 13.0. The van der Waals surface area contributed by atoms with Gasteiger partial charge in [0.2, 0.25) is 5.91 Å². The fraction of sp³-hybridized carbons (Fsp3) is 0.419. The van der Waals surface area contributed by atoms with Crippen molar-refractivity contribution in [2.24, 2.45) is 5.92 Å². The molecule has 0 radical (unpaired) electrons. The number of fused-ring (bicyclic) bond motifs is 1. The van der Waals surface area contributed by atoms with Crippen LogP contribution in [0.4, 0.5) is 11.5 Å². The van der Waals surface area contributed by atoms with E-state index < -0.39 is 12.0 Å². The minimum atomic E-state index is -1.02. The molecule has 0 bridgehead atoms. The van der Waals surface area contributed by atoms with Gasteiger partial charge in [-0.15, -0.1) is 0 Å². The number of carbonyl (C=O) groups excluding carboxylic acids is 1. The summed E-state index contributed by atoms with van der Waals surface area (Å²) in [5, 5.41) is 19.0. The van der Waals surface area contributed by atoms with E-state index >= 15 is 0 Å². The van der Waals surface area contributed by atoms with Crippen molar-refractivity contribution in [1.29, 1.82) is 0 Å². The number of anilines is 2. The molecule has 1 fully saturated rings. The first kappa shape index (κ1) is 27.6. The van der Waals surface area contributed by atoms with Crippen molar-refractivity contribution in [2.75, 3.05) is 43.4 Å². The predicted octanol–water partition coefficient (Wildman–Crippen LogP) is 3.83. The largest absolute Gasteiger partial charge is 0.480 e. The Bertz CT molecular complexity index is 1280. The third kappa shape index (κ3) is 7.35. The summed E-state index contributed by atoms with van der Waals surface area (Å²) in [6, 6.07) is 16.8. The number of aryl methyl sites for hydroxylation is 2. The number of piperidine rings is 1. The summed E-state index contributed by atoms with van der Waals surface area (Å²) in [5.41, 5.74) is 4.80. The zero-order valence-corrected chi connectivity index (χ0v) is 22.8. The number of carboxylic acid groups (broad SMARTS) is 1. The lowest BCUT2D eigenvalue weighted by Crippen LogP contribution is -2.47. The van der Waals surface area contributed by atoms with E-state index in [4.69, 9.17) is 4.98 Å². The van der Waals surface area contributed by atoms with Gasteiger partial charge in [0.1, 0.15) is 11.9 Å². The fourth-order valence-corrected chi connectivity index (χ4v) is 5.47. The summed E-state index contributed by atoms with van der Waals surface area (Å²) in [6.45, 7) is 3.59. The van der Waals surface area contributed by atoms with Crippen LogP contribution in [-0.4, -0.2) is 70.6 Å². The van der Waals surface area contributed by atoms with Crippen LogP contribution in [0.1, 0.15) is 36.9 Å². The topological polar surface area (TPSA) is 119 Å². The Balaban J connectivity index is 1.07. The van der Waals surface area contributed by atoms with Gasteiger partial charge in [0, 0.05) is 30.9 Å². The van der Waals surface area contributed by atoms with E-state index in [1.807, 2.05) is 42.5 Å². The number of benzene rings is 1. The van der Waals surface area contributed by atoms with Gasteiger partial charge in [0.25, 0.3) is 0 Å². The zero-order chi connectivity index (χ0) is 27.7. The molecule has 2 aliphatic heterocycles. The quantitative estimate of drug-likeness (QED) is 0.289. The molecule has 0 saturated carbocycles. The van der Waals surface area contributed by atoms with Gasteiger partial charge in [-0.1, -0.05) is 36.4 Å². The molecule has 4 N–H and O–H groups in total. The molecule has 40 heavy (non-hydrogen) atoms. The number of hydrogen-bond acceptors (Lipinski definition) is 7. The van der Waals surface area contributed by atoms with Gasteiger partial charge in [-0.25, -0.2) is 9.78 Å². The van der Waals surface area contributed by atoms with Crippen molar-refractivity contribution < 1.29 is 14.7 Å². The highest BCUT2D eigenvalue weighted by Gasteiger charge is 2.27. The third-order valence-corrected chi connectivity index (χ3v) is 7.69. The summed E-state index contributed by atoms with van der Waals surface area (Å²) < 4.78 is 0. The molecule has 3 aromatic rings. The average Bonchev–Trinajstić information content (AvgIpc) is 3.00. The average molecular weight is 543 g/mol. The SMILES string of the molecule is O=C(NC[C@H](Nc1ccc(-c2ccccc2)nc1)C(=O)O)[C@@H]1CCCN(CCCc2ccc3c(n2)NCCC3)C1. The van der Waals surface area contributed by atoms with Crippen molar-refractivity contribution in [1.82, 2.24) is 20.2 Å². The number of nitrogens with zero attached hydrogens (tertiary/aromatic N) is 3. The lowest BCUT2D eigenvalue weighted by atomic mass is 9.96. The standard InChI is InChI=1S/C31H38N6O3/c38-30(34-20-28(31(39)40)35-26-14-15-27(33-19-26)22-7-2-1-3-8-22)24-10-5-17-37(21-24)18-6-11-25-13-12-23-9-4-16-32-29(23)36-25/h1-3,7-8,12-15,19,24,28,35H,4-6,9-11,16-18,20-21H2,(H,32,36)(H,34,38)(H,39,40)/t24-,28+/m1/s1. The van der Waals surface area contributed by atoms with Gasteiger partial charge in [0.15, 0.2) is 0 Å². The van der Waals surface area contributed by atoms with Crippen LogP contribution in [0.15, 0.2) is 60.8 Å². The second kappa shape index (κ2) is 13.4. The number of aliphatic carboxylic acids is 1. The van der Waals surface area contributed by atoms with Gasteiger partial charge < -0.3 is 26.0 Å². The van der Waals surface area contributed by atoms with Crippen LogP contribution in [0.5, 0.6) is 0 Å². The van der Waals surface area contributed by atoms with E-state index in [0.717, 1.165) is 80.9 Å². The van der Waals surface area contributed by atoms with Crippen molar-refractivity contribution in [3.63, 3.8) is 0 Å². The fourth-order valence-electron chi connectivity index (χ4n) is 5.47. The monoisotopic (exact) mass is 542 g/mol. The Labute approximate surface area is 235 Å². The zero-order valence-electron chi connectivity index (χ0n) is 22.8. The number of likely N-dealkylation sites (tertiary alicyclic amines) is 1.